The van der Waals surface area contributed by atoms with Crippen LogP contribution in [0.1, 0.15) is 6.42 Å². The molecule has 2 aromatic carbocycles. The summed E-state index contributed by atoms with van der Waals surface area (Å²) >= 11 is 9.69. The van der Waals surface area contributed by atoms with Gasteiger partial charge in [-0.2, -0.15) is 0 Å². The summed E-state index contributed by atoms with van der Waals surface area (Å²) in [7, 11) is 0. The number of fused-ring (bicyclic) bond motifs is 1. The monoisotopic (exact) mass is 433 g/mol. The number of hydrogen-bond acceptors (Lipinski definition) is 4. The summed E-state index contributed by atoms with van der Waals surface area (Å²) in [4.78, 5) is 14.8. The van der Waals surface area contributed by atoms with Crippen LogP contribution in [0.15, 0.2) is 56.1 Å². The lowest BCUT2D eigenvalue weighted by atomic mass is 10.1. The van der Waals surface area contributed by atoms with E-state index in [4.69, 9.17) is 20.8 Å². The van der Waals surface area contributed by atoms with Crippen LogP contribution in [0, 0.1) is 0 Å². The highest BCUT2D eigenvalue weighted by Crippen LogP contribution is 2.34. The third kappa shape index (κ3) is 3.52. The largest absolute Gasteiger partial charge is 0.491 e. The Kier molecular flexibility index (Phi) is 5.02. The number of rotatable bonds is 5. The predicted octanol–water partition coefficient (Wildman–Crippen LogP) is 4.96. The number of hydrogen-bond donors (Lipinski definition) is 0. The summed E-state index contributed by atoms with van der Waals surface area (Å²) < 4.78 is 12.9. The second-order valence-electron chi connectivity index (χ2n) is 6.28. The number of likely N-dealkylation sites (tertiary alicyclic amines) is 1. The Morgan fingerprint density at radius 1 is 1.19 bits per heavy atom. The van der Waals surface area contributed by atoms with Gasteiger partial charge in [-0.15, -0.1) is 0 Å². The summed E-state index contributed by atoms with van der Waals surface area (Å²) in [5.41, 5.74) is 1.00. The van der Waals surface area contributed by atoms with Crippen molar-refractivity contribution in [1.82, 2.24) is 4.90 Å². The molecule has 26 heavy (non-hydrogen) atoms. The Bertz CT molecular complexity index is 1010. The zero-order chi connectivity index (χ0) is 18.1. The maximum absolute atomic E-state index is 12.5. The van der Waals surface area contributed by atoms with Crippen LogP contribution >= 0.6 is 27.5 Å². The third-order valence-corrected chi connectivity index (χ3v) is 5.32. The normalized spacial score (nSPS) is 14.4. The van der Waals surface area contributed by atoms with Crippen molar-refractivity contribution in [2.75, 3.05) is 26.2 Å². The SMILES string of the molecule is O=c1cc(-c2ccc(Br)cc2OCCN2CCC2)oc2c(Cl)cccc12. The number of para-hydroxylation sites is 1. The molecule has 1 fully saturated rings. The Labute approximate surface area is 164 Å². The van der Waals surface area contributed by atoms with Gasteiger partial charge in [-0.25, -0.2) is 0 Å². The zero-order valence-corrected chi connectivity index (χ0v) is 16.3. The van der Waals surface area contributed by atoms with E-state index in [1.54, 1.807) is 18.2 Å². The molecule has 1 aliphatic heterocycles. The van der Waals surface area contributed by atoms with Crippen molar-refractivity contribution in [3.8, 4) is 17.1 Å². The quantitative estimate of drug-likeness (QED) is 0.569. The fourth-order valence-corrected chi connectivity index (χ4v) is 3.54. The van der Waals surface area contributed by atoms with Gasteiger partial charge in [0.2, 0.25) is 0 Å². The first-order chi connectivity index (χ1) is 12.6. The lowest BCUT2D eigenvalue weighted by Crippen LogP contribution is -2.39. The van der Waals surface area contributed by atoms with E-state index in [0.29, 0.717) is 34.1 Å². The molecular formula is C20H17BrClNO3. The highest BCUT2D eigenvalue weighted by Gasteiger charge is 2.16. The Hall–Kier alpha value is -1.82. The van der Waals surface area contributed by atoms with Gasteiger partial charge >= 0.3 is 0 Å². The highest BCUT2D eigenvalue weighted by molar-refractivity contribution is 9.10. The summed E-state index contributed by atoms with van der Waals surface area (Å²) in [5, 5.41) is 0.887. The smallest absolute Gasteiger partial charge is 0.193 e. The molecule has 0 saturated carbocycles. The minimum atomic E-state index is -0.127. The third-order valence-electron chi connectivity index (χ3n) is 4.53. The van der Waals surface area contributed by atoms with Crippen LogP contribution in [0.25, 0.3) is 22.3 Å². The topological polar surface area (TPSA) is 42.7 Å². The van der Waals surface area contributed by atoms with Gasteiger partial charge in [0.15, 0.2) is 11.0 Å². The van der Waals surface area contributed by atoms with Crippen LogP contribution in [0.5, 0.6) is 5.75 Å². The van der Waals surface area contributed by atoms with E-state index in [9.17, 15) is 4.79 Å². The molecule has 134 valence electrons. The van der Waals surface area contributed by atoms with E-state index in [0.717, 1.165) is 29.7 Å². The van der Waals surface area contributed by atoms with Crippen LogP contribution in [0.2, 0.25) is 5.02 Å². The van der Waals surface area contributed by atoms with Crippen LogP contribution < -0.4 is 10.2 Å². The molecule has 4 rings (SSSR count). The van der Waals surface area contributed by atoms with Gasteiger partial charge in [0.1, 0.15) is 18.1 Å². The second-order valence-corrected chi connectivity index (χ2v) is 7.60. The number of benzene rings is 2. The summed E-state index contributed by atoms with van der Waals surface area (Å²) in [5.74, 6) is 1.12. The van der Waals surface area contributed by atoms with Crippen LogP contribution in [0.3, 0.4) is 0 Å². The van der Waals surface area contributed by atoms with Crippen molar-refractivity contribution in [2.24, 2.45) is 0 Å². The molecule has 1 aromatic heterocycles. The molecule has 6 heteroatoms. The highest BCUT2D eigenvalue weighted by atomic mass is 79.9. The molecule has 0 radical (unpaired) electrons. The minimum Gasteiger partial charge on any atom is -0.491 e. The van der Waals surface area contributed by atoms with Crippen molar-refractivity contribution in [1.29, 1.82) is 0 Å². The minimum absolute atomic E-state index is 0.127. The van der Waals surface area contributed by atoms with Crippen LogP contribution in [-0.2, 0) is 0 Å². The maximum atomic E-state index is 12.5. The first-order valence-electron chi connectivity index (χ1n) is 8.49. The predicted molar refractivity (Wildman–Crippen MR) is 107 cm³/mol. The lowest BCUT2D eigenvalue weighted by Gasteiger charge is -2.30. The van der Waals surface area contributed by atoms with Crippen molar-refractivity contribution >= 4 is 38.5 Å². The molecule has 0 bridgehead atoms. The van der Waals surface area contributed by atoms with E-state index >= 15 is 0 Å². The van der Waals surface area contributed by atoms with E-state index in [1.807, 2.05) is 18.2 Å². The summed E-state index contributed by atoms with van der Waals surface area (Å²) in [6.45, 7) is 3.74. The molecule has 0 unspecified atom stereocenters. The van der Waals surface area contributed by atoms with E-state index < -0.39 is 0 Å². The van der Waals surface area contributed by atoms with Gasteiger partial charge in [-0.3, -0.25) is 9.69 Å². The summed E-state index contributed by atoms with van der Waals surface area (Å²) in [6.07, 6.45) is 1.26. The van der Waals surface area contributed by atoms with Gasteiger partial charge in [0.25, 0.3) is 0 Å². The Morgan fingerprint density at radius 2 is 2.04 bits per heavy atom. The Morgan fingerprint density at radius 3 is 2.81 bits per heavy atom. The number of halogens is 2. The molecule has 2 heterocycles. The molecule has 4 nitrogen and oxygen atoms in total. The molecule has 0 spiro atoms. The van der Waals surface area contributed by atoms with Crippen molar-refractivity contribution in [3.05, 3.63) is 62.2 Å². The van der Waals surface area contributed by atoms with Gasteiger partial charge in [0.05, 0.1) is 16.0 Å². The molecule has 1 aliphatic rings. The Balaban J connectivity index is 1.71. The fourth-order valence-electron chi connectivity index (χ4n) is 2.98. The standard InChI is InChI=1S/C20H17BrClNO3/c21-13-5-6-15(18(11-13)25-10-9-23-7-2-8-23)19-12-17(24)14-3-1-4-16(22)20(14)26-19/h1,3-6,11-12H,2,7-10H2. The second kappa shape index (κ2) is 7.43. The molecule has 0 atom stereocenters. The van der Waals surface area contributed by atoms with E-state index in [-0.39, 0.29) is 5.43 Å². The van der Waals surface area contributed by atoms with Crippen molar-refractivity contribution < 1.29 is 9.15 Å². The molecule has 0 aliphatic carbocycles. The van der Waals surface area contributed by atoms with Crippen molar-refractivity contribution in [3.63, 3.8) is 0 Å². The van der Waals surface area contributed by atoms with Gasteiger partial charge in [0, 0.05) is 17.1 Å². The molecule has 3 aromatic rings. The maximum Gasteiger partial charge on any atom is 0.193 e. The summed E-state index contributed by atoms with van der Waals surface area (Å²) in [6, 6.07) is 12.3. The average molecular weight is 435 g/mol. The van der Waals surface area contributed by atoms with E-state index in [1.165, 1.54) is 12.5 Å². The number of nitrogens with zero attached hydrogens (tertiary/aromatic N) is 1. The van der Waals surface area contributed by atoms with Gasteiger partial charge in [-0.05, 0) is 49.8 Å². The van der Waals surface area contributed by atoms with Crippen LogP contribution in [-0.4, -0.2) is 31.1 Å². The molecular weight excluding hydrogens is 418 g/mol. The molecule has 1 saturated heterocycles. The number of ether oxygens (including phenoxy) is 1. The first kappa shape index (κ1) is 17.6. The average Bonchev–Trinajstić information content (AvgIpc) is 2.58. The van der Waals surface area contributed by atoms with Crippen LogP contribution in [0.4, 0.5) is 0 Å². The van der Waals surface area contributed by atoms with Gasteiger partial charge in [-0.1, -0.05) is 33.6 Å². The van der Waals surface area contributed by atoms with Crippen molar-refractivity contribution in [2.45, 2.75) is 6.42 Å². The first-order valence-corrected chi connectivity index (χ1v) is 9.66. The zero-order valence-electron chi connectivity index (χ0n) is 14.0. The molecule has 0 N–H and O–H groups in total. The molecule has 0 amide bonds. The fraction of sp³-hybridized carbons (Fsp3) is 0.250. The van der Waals surface area contributed by atoms with E-state index in [2.05, 4.69) is 20.8 Å². The van der Waals surface area contributed by atoms with Gasteiger partial charge < -0.3 is 9.15 Å². The lowest BCUT2D eigenvalue weighted by molar-refractivity contribution is 0.147.